The van der Waals surface area contributed by atoms with E-state index in [1.807, 2.05) is 9.80 Å². The minimum atomic E-state index is -4.06. The highest BCUT2D eigenvalue weighted by atomic mass is 32.2. The van der Waals surface area contributed by atoms with Crippen LogP contribution in [0.25, 0.3) is 11.3 Å². The number of carbonyl (C=O) groups is 1. The molecule has 1 atom stereocenters. The summed E-state index contributed by atoms with van der Waals surface area (Å²) in [6, 6.07) is 14.5. The predicted octanol–water partition coefficient (Wildman–Crippen LogP) is 4.50. The maximum absolute atomic E-state index is 14.8. The van der Waals surface area contributed by atoms with Gasteiger partial charge in [0.05, 0.1) is 28.5 Å². The third kappa shape index (κ3) is 6.53. The Labute approximate surface area is 263 Å². The number of nitrogens with zero attached hydrogens (tertiary/aromatic N) is 5. The molecular formula is C32H30F4N6O3S. The number of carbonyl (C=O) groups excluding carboxylic acids is 1. The number of aromatic nitrogens is 2. The number of hydrogen-bond acceptors (Lipinski definition) is 7. The van der Waals surface area contributed by atoms with Crippen molar-refractivity contribution in [2.75, 3.05) is 42.5 Å². The van der Waals surface area contributed by atoms with Crippen LogP contribution in [0, 0.1) is 23.3 Å². The van der Waals surface area contributed by atoms with E-state index in [-0.39, 0.29) is 41.0 Å². The molecule has 0 saturated carbocycles. The highest BCUT2D eigenvalue weighted by Crippen LogP contribution is 2.28. The molecule has 9 nitrogen and oxygen atoms in total. The molecule has 4 aromatic rings. The quantitative estimate of drug-likeness (QED) is 0.280. The first-order valence-corrected chi connectivity index (χ1v) is 16.2. The van der Waals surface area contributed by atoms with E-state index in [0.717, 1.165) is 40.7 Å². The number of anilines is 2. The average Bonchev–Trinajstić information content (AvgIpc) is 3.56. The Morgan fingerprint density at radius 1 is 0.804 bits per heavy atom. The van der Waals surface area contributed by atoms with Crippen molar-refractivity contribution in [1.29, 1.82) is 0 Å². The molecular weight excluding hydrogens is 624 g/mol. The Morgan fingerprint density at radius 3 is 2.22 bits per heavy atom. The van der Waals surface area contributed by atoms with Crippen LogP contribution in [-0.4, -0.2) is 67.4 Å². The van der Waals surface area contributed by atoms with Crippen LogP contribution in [0.4, 0.5) is 29.2 Å². The Bertz CT molecular complexity index is 1850. The van der Waals surface area contributed by atoms with Crippen LogP contribution in [0.2, 0.25) is 0 Å². The van der Waals surface area contributed by atoms with E-state index in [1.165, 1.54) is 18.2 Å². The first-order chi connectivity index (χ1) is 22.1. The summed E-state index contributed by atoms with van der Waals surface area (Å²) in [5.41, 5.74) is 1.01. The summed E-state index contributed by atoms with van der Waals surface area (Å²) in [5.74, 6) is -2.77. The number of benzene rings is 3. The molecule has 1 amide bonds. The van der Waals surface area contributed by atoms with E-state index >= 15 is 0 Å². The summed E-state index contributed by atoms with van der Waals surface area (Å²) in [5, 5.41) is 2.75. The minimum Gasteiger partial charge on any atom is -0.366 e. The highest BCUT2D eigenvalue weighted by molar-refractivity contribution is 7.89. The van der Waals surface area contributed by atoms with E-state index in [9.17, 15) is 30.8 Å². The van der Waals surface area contributed by atoms with Gasteiger partial charge in [0.25, 0.3) is 0 Å². The van der Waals surface area contributed by atoms with Crippen molar-refractivity contribution in [3.8, 4) is 11.3 Å². The molecule has 0 radical (unpaired) electrons. The molecule has 3 heterocycles. The van der Waals surface area contributed by atoms with E-state index < -0.39 is 39.4 Å². The number of sulfonamides is 1. The molecule has 6 rings (SSSR count). The molecule has 1 N–H and O–H groups in total. The lowest BCUT2D eigenvalue weighted by Gasteiger charge is -2.36. The zero-order chi connectivity index (χ0) is 32.4. The summed E-state index contributed by atoms with van der Waals surface area (Å²) in [6.07, 6.45) is 0.753. The molecule has 0 bridgehead atoms. The molecule has 46 heavy (non-hydrogen) atoms. The van der Waals surface area contributed by atoms with Gasteiger partial charge in [-0.2, -0.15) is 4.31 Å². The molecule has 1 aromatic heterocycles. The third-order valence-corrected chi connectivity index (χ3v) is 10.0. The van der Waals surface area contributed by atoms with Gasteiger partial charge in [0.1, 0.15) is 29.3 Å². The van der Waals surface area contributed by atoms with Gasteiger partial charge < -0.3 is 15.1 Å². The van der Waals surface area contributed by atoms with Crippen molar-refractivity contribution >= 4 is 27.6 Å². The predicted molar refractivity (Wildman–Crippen MR) is 163 cm³/mol. The van der Waals surface area contributed by atoms with E-state index in [4.69, 9.17) is 0 Å². The van der Waals surface area contributed by atoms with Crippen molar-refractivity contribution < 1.29 is 30.8 Å². The maximum atomic E-state index is 14.8. The highest BCUT2D eigenvalue weighted by Gasteiger charge is 2.39. The number of nitrogens with one attached hydrogen (secondary N) is 1. The van der Waals surface area contributed by atoms with E-state index in [1.54, 1.807) is 18.2 Å². The number of hydrogen-bond donors (Lipinski definition) is 1. The molecule has 0 spiro atoms. The van der Waals surface area contributed by atoms with Gasteiger partial charge in [-0.05, 0) is 67.4 Å². The van der Waals surface area contributed by atoms with Crippen molar-refractivity contribution in [1.82, 2.24) is 19.6 Å². The molecule has 240 valence electrons. The van der Waals surface area contributed by atoms with Crippen molar-refractivity contribution in [2.24, 2.45) is 0 Å². The second-order valence-corrected chi connectivity index (χ2v) is 12.9. The Morgan fingerprint density at radius 2 is 1.50 bits per heavy atom. The van der Waals surface area contributed by atoms with Crippen molar-refractivity contribution in [3.63, 3.8) is 0 Å². The second-order valence-electron chi connectivity index (χ2n) is 11.0. The van der Waals surface area contributed by atoms with Gasteiger partial charge in [-0.3, -0.25) is 4.79 Å². The number of rotatable bonds is 8. The first kappa shape index (κ1) is 31.4. The number of halogens is 4. The van der Waals surface area contributed by atoms with Crippen LogP contribution in [0.15, 0.2) is 77.7 Å². The van der Waals surface area contributed by atoms with Gasteiger partial charge in [-0.1, -0.05) is 12.1 Å². The zero-order valence-corrected chi connectivity index (χ0v) is 25.4. The van der Waals surface area contributed by atoms with Gasteiger partial charge in [0.2, 0.25) is 21.9 Å². The third-order valence-electron chi connectivity index (χ3n) is 8.10. The van der Waals surface area contributed by atoms with Gasteiger partial charge in [0, 0.05) is 44.4 Å². The number of piperazine rings is 1. The first-order valence-electron chi connectivity index (χ1n) is 14.7. The fourth-order valence-electron chi connectivity index (χ4n) is 5.73. The lowest BCUT2D eigenvalue weighted by Crippen LogP contribution is -2.47. The normalized spacial score (nSPS) is 17.3. The maximum Gasteiger partial charge on any atom is 0.243 e. The van der Waals surface area contributed by atoms with Crippen molar-refractivity contribution in [2.45, 2.75) is 30.3 Å². The van der Waals surface area contributed by atoms with Crippen molar-refractivity contribution in [3.05, 3.63) is 102 Å². The summed E-state index contributed by atoms with van der Waals surface area (Å²) in [6.45, 7) is 1.78. The second kappa shape index (κ2) is 13.0. The van der Waals surface area contributed by atoms with Crippen LogP contribution in [0.3, 0.4) is 0 Å². The number of para-hydroxylation sites is 1. The molecule has 2 saturated heterocycles. The molecule has 2 aliphatic heterocycles. The van der Waals surface area contributed by atoms with Crippen LogP contribution in [0.5, 0.6) is 0 Å². The van der Waals surface area contributed by atoms with Crippen LogP contribution in [0.1, 0.15) is 18.5 Å². The Hall–Kier alpha value is -4.56. The summed E-state index contributed by atoms with van der Waals surface area (Å²) in [7, 11) is -4.06. The fraction of sp³-hybridized carbons (Fsp3) is 0.281. The molecule has 0 unspecified atom stereocenters. The molecule has 14 heteroatoms. The molecule has 2 aliphatic rings. The van der Waals surface area contributed by atoms with Crippen LogP contribution in [-0.2, 0) is 21.4 Å². The Kier molecular flexibility index (Phi) is 8.91. The monoisotopic (exact) mass is 654 g/mol. The summed E-state index contributed by atoms with van der Waals surface area (Å²) >= 11 is 0. The lowest BCUT2D eigenvalue weighted by molar-refractivity contribution is -0.124. The number of amides is 1. The van der Waals surface area contributed by atoms with E-state index in [2.05, 4.69) is 15.3 Å². The van der Waals surface area contributed by atoms with E-state index in [0.29, 0.717) is 50.4 Å². The zero-order valence-electron chi connectivity index (χ0n) is 24.5. The molecule has 2 fully saturated rings. The lowest BCUT2D eigenvalue weighted by atomic mass is 10.1. The summed E-state index contributed by atoms with van der Waals surface area (Å²) < 4.78 is 83.9. The fourth-order valence-corrected chi connectivity index (χ4v) is 7.39. The van der Waals surface area contributed by atoms with Crippen LogP contribution >= 0.6 is 0 Å². The smallest absolute Gasteiger partial charge is 0.243 e. The average molecular weight is 655 g/mol. The minimum absolute atomic E-state index is 0.0370. The standard InChI is InChI=1S/C32H30F4N6O3S/c33-21-7-10-24(11-8-21)46(44,45)42-13-3-6-30(42)31(43)37-20-23-19-28(25-12-9-22(34)18-27(25)36)39-32(38-23)41-16-14-40(15-17-41)29-5-2-1-4-26(29)35/h1-2,4-5,7-12,18-19,30H,3,6,13-17,20H2,(H,37,43)/t30-/m0/s1. The van der Waals surface area contributed by atoms with Gasteiger partial charge in [-0.15, -0.1) is 0 Å². The topological polar surface area (TPSA) is 98.7 Å². The van der Waals surface area contributed by atoms with Gasteiger partial charge in [0.15, 0.2) is 0 Å². The molecule has 3 aromatic carbocycles. The van der Waals surface area contributed by atoms with Gasteiger partial charge in [-0.25, -0.2) is 35.9 Å². The van der Waals surface area contributed by atoms with Crippen LogP contribution < -0.4 is 15.1 Å². The molecule has 0 aliphatic carbocycles. The summed E-state index contributed by atoms with van der Waals surface area (Å²) in [4.78, 5) is 26.1. The SMILES string of the molecule is O=C(NCc1cc(-c2ccc(F)cc2F)nc(N2CCN(c3ccccc3F)CC2)n1)[C@@H]1CCCN1S(=O)(=O)c1ccc(F)cc1. The Balaban J connectivity index is 1.22. The van der Waals surface area contributed by atoms with Gasteiger partial charge >= 0.3 is 0 Å². The largest absolute Gasteiger partial charge is 0.366 e.